The first kappa shape index (κ1) is 23.4. The highest BCUT2D eigenvalue weighted by atomic mass is 32.2. The summed E-state index contributed by atoms with van der Waals surface area (Å²) < 4.78 is 30.0. The predicted molar refractivity (Wildman–Crippen MR) is 148 cm³/mol. The molecule has 4 nitrogen and oxygen atoms in total. The van der Waals surface area contributed by atoms with E-state index in [0.29, 0.717) is 24.1 Å². The van der Waals surface area contributed by atoms with Crippen LogP contribution in [0.3, 0.4) is 0 Å². The summed E-state index contributed by atoms with van der Waals surface area (Å²) in [6.45, 7) is 4.06. The van der Waals surface area contributed by atoms with Gasteiger partial charge in [-0.1, -0.05) is 97.4 Å². The first-order valence-corrected chi connectivity index (χ1v) is 13.9. The van der Waals surface area contributed by atoms with Gasteiger partial charge in [0.1, 0.15) is 0 Å². The van der Waals surface area contributed by atoms with Crippen LogP contribution in [0.25, 0.3) is 22.2 Å². The van der Waals surface area contributed by atoms with Crippen molar-refractivity contribution in [2.45, 2.75) is 37.0 Å². The van der Waals surface area contributed by atoms with E-state index in [-0.39, 0.29) is 10.7 Å². The van der Waals surface area contributed by atoms with E-state index in [1.807, 2.05) is 97.9 Å². The quantitative estimate of drug-likeness (QED) is 0.260. The van der Waals surface area contributed by atoms with Gasteiger partial charge in [0.05, 0.1) is 16.1 Å². The second-order valence-corrected chi connectivity index (χ2v) is 12.0. The molecule has 4 aromatic carbocycles. The number of aromatic nitrogens is 1. The van der Waals surface area contributed by atoms with Crippen LogP contribution in [0.2, 0.25) is 0 Å². The number of rotatable bonds is 5. The highest BCUT2D eigenvalue weighted by molar-refractivity contribution is 7.90. The van der Waals surface area contributed by atoms with Gasteiger partial charge in [-0.25, -0.2) is 12.4 Å². The van der Waals surface area contributed by atoms with Gasteiger partial charge in [-0.05, 0) is 48.2 Å². The molecule has 5 aromatic rings. The summed E-state index contributed by atoms with van der Waals surface area (Å²) in [5, 5.41) is 0.884. The van der Waals surface area contributed by atoms with E-state index in [1.165, 1.54) is 3.97 Å². The Kier molecular flexibility index (Phi) is 5.42. The number of ketones is 1. The van der Waals surface area contributed by atoms with Crippen molar-refractivity contribution in [3.63, 3.8) is 0 Å². The van der Waals surface area contributed by atoms with E-state index in [0.717, 1.165) is 33.2 Å². The summed E-state index contributed by atoms with van der Waals surface area (Å²) in [5.74, 6) is 0.135. The molecule has 0 saturated carbocycles. The summed E-state index contributed by atoms with van der Waals surface area (Å²) >= 11 is 0. The van der Waals surface area contributed by atoms with Crippen LogP contribution in [0.5, 0.6) is 0 Å². The molecule has 0 amide bonds. The fourth-order valence-corrected chi connectivity index (χ4v) is 7.32. The standard InChI is InChI=1S/C32H27NO3S/c1-22-16-18-24(19-17-22)37(35,36)33-29-15-9-7-12-25(29)27(31(33)23-10-4-3-5-11-23)20-32(2)21-30(34)26-13-6-8-14-28(26)32/h3-19H,20-21H2,1-2H3/t32-/m0/s1. The highest BCUT2D eigenvalue weighted by Gasteiger charge is 2.41. The molecule has 1 aliphatic rings. The SMILES string of the molecule is Cc1ccc(S(=O)(=O)n2c(-c3ccccc3)c(C[C@@]3(C)CC(=O)c4ccccc43)c3ccccc32)cc1. The molecule has 1 atom stereocenters. The number of nitrogens with zero attached hydrogens (tertiary/aromatic N) is 1. The Hall–Kier alpha value is -3.96. The number of hydrogen-bond acceptors (Lipinski definition) is 3. The van der Waals surface area contributed by atoms with Crippen molar-refractivity contribution in [2.75, 3.05) is 0 Å². The largest absolute Gasteiger partial charge is 0.294 e. The lowest BCUT2D eigenvalue weighted by Gasteiger charge is -2.25. The lowest BCUT2D eigenvalue weighted by Crippen LogP contribution is -2.23. The maximum absolute atomic E-state index is 14.2. The molecule has 0 aliphatic heterocycles. The van der Waals surface area contributed by atoms with Crippen molar-refractivity contribution in [1.29, 1.82) is 0 Å². The van der Waals surface area contributed by atoms with E-state index < -0.39 is 15.4 Å². The molecule has 5 heteroatoms. The Labute approximate surface area is 217 Å². The first-order chi connectivity index (χ1) is 17.8. The third kappa shape index (κ3) is 3.73. The fourth-order valence-electron chi connectivity index (χ4n) is 5.75. The molecule has 0 saturated heterocycles. The number of carbonyl (C=O) groups excluding carboxylic acids is 1. The van der Waals surface area contributed by atoms with Gasteiger partial charge >= 0.3 is 0 Å². The summed E-state index contributed by atoms with van der Waals surface area (Å²) in [6.07, 6.45) is 0.932. The van der Waals surface area contributed by atoms with Crippen LogP contribution >= 0.6 is 0 Å². The molecule has 0 spiro atoms. The Morgan fingerprint density at radius 1 is 0.811 bits per heavy atom. The minimum Gasteiger partial charge on any atom is -0.294 e. The van der Waals surface area contributed by atoms with Crippen LogP contribution < -0.4 is 0 Å². The van der Waals surface area contributed by atoms with Gasteiger partial charge < -0.3 is 0 Å². The second kappa shape index (κ2) is 8.56. The third-order valence-electron chi connectivity index (χ3n) is 7.54. The van der Waals surface area contributed by atoms with E-state index >= 15 is 0 Å². The topological polar surface area (TPSA) is 56.1 Å². The van der Waals surface area contributed by atoms with Gasteiger partial charge in [-0.15, -0.1) is 0 Å². The van der Waals surface area contributed by atoms with Gasteiger partial charge in [0.25, 0.3) is 10.0 Å². The molecule has 0 fully saturated rings. The smallest absolute Gasteiger partial charge is 0.268 e. The Morgan fingerprint density at radius 3 is 2.22 bits per heavy atom. The van der Waals surface area contributed by atoms with Crippen LogP contribution in [-0.4, -0.2) is 18.2 Å². The number of benzene rings is 4. The zero-order valence-electron chi connectivity index (χ0n) is 20.8. The molecular weight excluding hydrogens is 478 g/mol. The molecular formula is C32H27NO3S. The number of para-hydroxylation sites is 1. The number of Topliss-reactive ketones (excluding diaryl/α,β-unsaturated/α-hetero) is 1. The number of carbonyl (C=O) groups is 1. The molecule has 0 unspecified atom stereocenters. The third-order valence-corrected chi connectivity index (χ3v) is 9.27. The molecule has 37 heavy (non-hydrogen) atoms. The van der Waals surface area contributed by atoms with E-state index in [9.17, 15) is 13.2 Å². The second-order valence-electron chi connectivity index (χ2n) is 10.2. The summed E-state index contributed by atoms with van der Waals surface area (Å²) in [4.78, 5) is 13.2. The lowest BCUT2D eigenvalue weighted by molar-refractivity contribution is 0.0976. The van der Waals surface area contributed by atoms with Gasteiger partial charge in [-0.3, -0.25) is 4.79 Å². The number of aryl methyl sites for hydroxylation is 1. The van der Waals surface area contributed by atoms with Gasteiger partial charge in [0.15, 0.2) is 5.78 Å². The number of fused-ring (bicyclic) bond motifs is 2. The average molecular weight is 506 g/mol. The van der Waals surface area contributed by atoms with Crippen LogP contribution in [0.1, 0.15) is 40.4 Å². The van der Waals surface area contributed by atoms with Crippen LogP contribution in [0.15, 0.2) is 108 Å². The Morgan fingerprint density at radius 2 is 1.46 bits per heavy atom. The first-order valence-electron chi connectivity index (χ1n) is 12.4. The van der Waals surface area contributed by atoms with E-state index in [4.69, 9.17) is 0 Å². The minimum absolute atomic E-state index is 0.135. The van der Waals surface area contributed by atoms with Crippen LogP contribution in [0, 0.1) is 6.92 Å². The number of hydrogen-bond donors (Lipinski definition) is 0. The summed E-state index contributed by atoms with van der Waals surface area (Å²) in [7, 11) is -3.92. The maximum atomic E-state index is 14.2. The van der Waals surface area contributed by atoms with Crippen LogP contribution in [0.4, 0.5) is 0 Å². The normalized spacial score (nSPS) is 17.3. The van der Waals surface area contributed by atoms with E-state index in [2.05, 4.69) is 6.92 Å². The molecule has 0 bridgehead atoms. The molecule has 6 rings (SSSR count). The molecule has 184 valence electrons. The predicted octanol–water partition coefficient (Wildman–Crippen LogP) is 6.94. The van der Waals surface area contributed by atoms with Crippen molar-refractivity contribution in [1.82, 2.24) is 3.97 Å². The van der Waals surface area contributed by atoms with Gasteiger partial charge in [0, 0.05) is 22.8 Å². The van der Waals surface area contributed by atoms with Gasteiger partial charge in [-0.2, -0.15) is 0 Å². The highest BCUT2D eigenvalue weighted by Crippen LogP contribution is 2.45. The van der Waals surface area contributed by atoms with Crippen LogP contribution in [-0.2, 0) is 21.9 Å². The van der Waals surface area contributed by atoms with Crippen molar-refractivity contribution in [2.24, 2.45) is 0 Å². The van der Waals surface area contributed by atoms with Crippen molar-refractivity contribution in [3.8, 4) is 11.3 Å². The van der Waals surface area contributed by atoms with E-state index in [1.54, 1.807) is 12.1 Å². The monoisotopic (exact) mass is 505 g/mol. The summed E-state index contributed by atoms with van der Waals surface area (Å²) in [6, 6.07) is 32.1. The molecule has 0 radical (unpaired) electrons. The Bertz CT molecular complexity index is 1770. The zero-order chi connectivity index (χ0) is 25.8. The lowest BCUT2D eigenvalue weighted by atomic mass is 9.77. The Balaban J connectivity index is 1.66. The molecule has 1 aliphatic carbocycles. The minimum atomic E-state index is -3.92. The zero-order valence-corrected chi connectivity index (χ0v) is 21.6. The fraction of sp³-hybridized carbons (Fsp3) is 0.156. The average Bonchev–Trinajstić information content (AvgIpc) is 3.37. The summed E-state index contributed by atoms with van der Waals surface area (Å²) in [5.41, 5.74) is 5.39. The van der Waals surface area contributed by atoms with Gasteiger partial charge in [0.2, 0.25) is 0 Å². The molecule has 1 aromatic heterocycles. The van der Waals surface area contributed by atoms with Crippen molar-refractivity contribution in [3.05, 3.63) is 125 Å². The maximum Gasteiger partial charge on any atom is 0.268 e. The molecule has 1 heterocycles. The van der Waals surface area contributed by atoms with Crippen molar-refractivity contribution < 1.29 is 13.2 Å². The van der Waals surface area contributed by atoms with Crippen molar-refractivity contribution >= 4 is 26.7 Å². The molecule has 0 N–H and O–H groups in total.